The second-order valence-corrected chi connectivity index (χ2v) is 3.86. The third-order valence-electron chi connectivity index (χ3n) is 2.44. The van der Waals surface area contributed by atoms with Crippen LogP contribution in [0.15, 0.2) is 29.3 Å². The highest BCUT2D eigenvalue weighted by atomic mass is 35.5. The molecule has 0 fully saturated rings. The Morgan fingerprint density at radius 3 is 2.80 bits per heavy atom. The van der Waals surface area contributed by atoms with Crippen LogP contribution in [0, 0.1) is 0 Å². The average molecular weight is 224 g/mol. The predicted molar refractivity (Wildman–Crippen MR) is 58.6 cm³/mol. The van der Waals surface area contributed by atoms with Crippen molar-refractivity contribution in [3.05, 3.63) is 34.9 Å². The summed E-state index contributed by atoms with van der Waals surface area (Å²) < 4.78 is 0. The molecule has 4 heteroatoms. The fraction of sp³-hybridized carbons (Fsp3) is 0.273. The van der Waals surface area contributed by atoms with E-state index < -0.39 is 12.0 Å². The van der Waals surface area contributed by atoms with E-state index in [9.17, 15) is 4.79 Å². The maximum atomic E-state index is 10.7. The van der Waals surface area contributed by atoms with Gasteiger partial charge in [0.1, 0.15) is 6.04 Å². The molecule has 1 atom stereocenters. The van der Waals surface area contributed by atoms with Crippen molar-refractivity contribution in [1.29, 1.82) is 0 Å². The maximum absolute atomic E-state index is 10.7. The monoisotopic (exact) mass is 223 g/mol. The van der Waals surface area contributed by atoms with Crippen LogP contribution < -0.4 is 0 Å². The van der Waals surface area contributed by atoms with Crippen LogP contribution >= 0.6 is 11.6 Å². The van der Waals surface area contributed by atoms with Crippen molar-refractivity contribution >= 4 is 23.3 Å². The van der Waals surface area contributed by atoms with Crippen molar-refractivity contribution in [2.24, 2.45) is 4.99 Å². The summed E-state index contributed by atoms with van der Waals surface area (Å²) in [5.74, 6) is -0.864. The largest absolute Gasteiger partial charge is 0.480 e. The van der Waals surface area contributed by atoms with Gasteiger partial charge in [-0.25, -0.2) is 4.79 Å². The van der Waals surface area contributed by atoms with Crippen molar-refractivity contribution < 1.29 is 9.90 Å². The summed E-state index contributed by atoms with van der Waals surface area (Å²) in [4.78, 5) is 14.9. The van der Waals surface area contributed by atoms with Gasteiger partial charge in [0, 0.05) is 16.3 Å². The van der Waals surface area contributed by atoms with Crippen molar-refractivity contribution in [1.82, 2.24) is 0 Å². The first-order valence-electron chi connectivity index (χ1n) is 4.73. The molecule has 0 radical (unpaired) electrons. The molecule has 1 heterocycles. The summed E-state index contributed by atoms with van der Waals surface area (Å²) in [6, 6.07) is 6.77. The molecule has 0 spiro atoms. The summed E-state index contributed by atoms with van der Waals surface area (Å²) in [7, 11) is 0. The second kappa shape index (κ2) is 4.03. The maximum Gasteiger partial charge on any atom is 0.328 e. The Kier molecular flexibility index (Phi) is 2.73. The number of aliphatic carboxylic acids is 1. The number of benzene rings is 1. The van der Waals surface area contributed by atoms with E-state index in [1.165, 1.54) is 0 Å². The number of nitrogens with zero attached hydrogens (tertiary/aromatic N) is 1. The molecule has 0 aliphatic carbocycles. The molecule has 0 bridgehead atoms. The average Bonchev–Trinajstić information content (AvgIpc) is 2.67. The molecule has 0 saturated heterocycles. The molecule has 1 aliphatic rings. The van der Waals surface area contributed by atoms with E-state index in [0.717, 1.165) is 11.3 Å². The molecular weight excluding hydrogens is 214 g/mol. The molecule has 0 amide bonds. The minimum absolute atomic E-state index is 0.565. The van der Waals surface area contributed by atoms with Gasteiger partial charge in [0.2, 0.25) is 0 Å². The van der Waals surface area contributed by atoms with Crippen molar-refractivity contribution in [2.75, 3.05) is 0 Å². The molecule has 3 nitrogen and oxygen atoms in total. The highest BCUT2D eigenvalue weighted by Crippen LogP contribution is 2.23. The Bertz CT molecular complexity index is 428. The second-order valence-electron chi connectivity index (χ2n) is 3.45. The van der Waals surface area contributed by atoms with Gasteiger partial charge in [-0.1, -0.05) is 29.8 Å². The van der Waals surface area contributed by atoms with Crippen LogP contribution in [0.2, 0.25) is 5.02 Å². The highest BCUT2D eigenvalue weighted by molar-refractivity contribution is 6.34. The van der Waals surface area contributed by atoms with Crippen molar-refractivity contribution in [3.63, 3.8) is 0 Å². The van der Waals surface area contributed by atoms with Gasteiger partial charge < -0.3 is 5.11 Å². The van der Waals surface area contributed by atoms with Crippen LogP contribution in [0.4, 0.5) is 0 Å². The first-order valence-corrected chi connectivity index (χ1v) is 5.10. The lowest BCUT2D eigenvalue weighted by atomic mass is 10.1. The number of carboxylic acid groups (broad SMARTS) is 1. The first kappa shape index (κ1) is 10.2. The molecule has 78 valence electrons. The summed E-state index contributed by atoms with van der Waals surface area (Å²) in [5, 5.41) is 9.43. The van der Waals surface area contributed by atoms with Gasteiger partial charge >= 0.3 is 5.97 Å². The van der Waals surface area contributed by atoms with E-state index in [1.54, 1.807) is 6.07 Å². The number of hydrogen-bond donors (Lipinski definition) is 1. The quantitative estimate of drug-likeness (QED) is 0.837. The lowest BCUT2D eigenvalue weighted by Gasteiger charge is -2.01. The number of carboxylic acids is 1. The molecular formula is C11H10ClNO2. The van der Waals surface area contributed by atoms with Gasteiger partial charge in [0.15, 0.2) is 0 Å². The zero-order chi connectivity index (χ0) is 10.8. The normalized spacial score (nSPS) is 20.1. The van der Waals surface area contributed by atoms with Crippen LogP contribution in [0.1, 0.15) is 18.4 Å². The molecule has 15 heavy (non-hydrogen) atoms. The standard InChI is InChI=1S/C11H10ClNO2/c12-8-4-2-1-3-7(8)9-5-6-10(13-9)11(14)15/h1-4,10H,5-6H2,(H,14,15)/t10-/m0/s1. The fourth-order valence-corrected chi connectivity index (χ4v) is 1.91. The summed E-state index contributed by atoms with van der Waals surface area (Å²) >= 11 is 6.00. The molecule has 0 saturated carbocycles. The molecule has 1 aromatic rings. The number of carbonyl (C=O) groups is 1. The summed E-state index contributed by atoms with van der Waals surface area (Å²) in [5.41, 5.74) is 1.65. The number of aliphatic imine (C=N–C) groups is 1. The van der Waals surface area contributed by atoms with Crippen molar-refractivity contribution in [3.8, 4) is 0 Å². The van der Waals surface area contributed by atoms with Gasteiger partial charge in [0.05, 0.1) is 0 Å². The zero-order valence-corrected chi connectivity index (χ0v) is 8.74. The Morgan fingerprint density at radius 1 is 1.47 bits per heavy atom. The van der Waals surface area contributed by atoms with E-state index in [1.807, 2.05) is 18.2 Å². The van der Waals surface area contributed by atoms with Crippen LogP contribution in [0.5, 0.6) is 0 Å². The Labute approximate surface area is 92.4 Å². The number of halogens is 1. The zero-order valence-electron chi connectivity index (χ0n) is 7.98. The predicted octanol–water partition coefficient (Wildman–Crippen LogP) is 2.38. The van der Waals surface area contributed by atoms with E-state index >= 15 is 0 Å². The van der Waals surface area contributed by atoms with Gasteiger partial charge in [-0.05, 0) is 18.9 Å². The lowest BCUT2D eigenvalue weighted by Crippen LogP contribution is -2.13. The Hall–Kier alpha value is -1.35. The fourth-order valence-electron chi connectivity index (χ4n) is 1.67. The number of rotatable bonds is 2. The van der Waals surface area contributed by atoms with Gasteiger partial charge in [-0.2, -0.15) is 0 Å². The third-order valence-corrected chi connectivity index (χ3v) is 2.77. The van der Waals surface area contributed by atoms with Gasteiger partial charge in [-0.15, -0.1) is 0 Å². The SMILES string of the molecule is O=C(O)[C@@H]1CCC(c2ccccc2Cl)=N1. The third kappa shape index (κ3) is 2.02. The lowest BCUT2D eigenvalue weighted by molar-refractivity contribution is -0.138. The molecule has 2 rings (SSSR count). The van der Waals surface area contributed by atoms with Gasteiger partial charge in [-0.3, -0.25) is 4.99 Å². The topological polar surface area (TPSA) is 49.7 Å². The Morgan fingerprint density at radius 2 is 2.20 bits per heavy atom. The van der Waals surface area contributed by atoms with Crippen LogP contribution in [0.3, 0.4) is 0 Å². The smallest absolute Gasteiger partial charge is 0.328 e. The van der Waals surface area contributed by atoms with E-state index in [0.29, 0.717) is 17.9 Å². The van der Waals surface area contributed by atoms with Crippen LogP contribution in [0.25, 0.3) is 0 Å². The first-order chi connectivity index (χ1) is 7.18. The van der Waals surface area contributed by atoms with Gasteiger partial charge in [0.25, 0.3) is 0 Å². The molecule has 0 unspecified atom stereocenters. The highest BCUT2D eigenvalue weighted by Gasteiger charge is 2.24. The molecule has 0 aromatic heterocycles. The van der Waals surface area contributed by atoms with E-state index in [-0.39, 0.29) is 0 Å². The number of hydrogen-bond acceptors (Lipinski definition) is 2. The van der Waals surface area contributed by atoms with E-state index in [4.69, 9.17) is 16.7 Å². The van der Waals surface area contributed by atoms with Crippen molar-refractivity contribution in [2.45, 2.75) is 18.9 Å². The van der Waals surface area contributed by atoms with Crippen LogP contribution in [-0.4, -0.2) is 22.8 Å². The minimum atomic E-state index is -0.864. The Balaban J connectivity index is 2.30. The minimum Gasteiger partial charge on any atom is -0.480 e. The molecule has 1 aromatic carbocycles. The molecule has 1 N–H and O–H groups in total. The van der Waals surface area contributed by atoms with E-state index in [2.05, 4.69) is 4.99 Å². The van der Waals surface area contributed by atoms with Crippen LogP contribution in [-0.2, 0) is 4.79 Å². The summed E-state index contributed by atoms with van der Waals surface area (Å²) in [6.07, 6.45) is 1.25. The summed E-state index contributed by atoms with van der Waals surface area (Å²) in [6.45, 7) is 0. The molecule has 1 aliphatic heterocycles.